The average molecular weight is 1480 g/mol. The van der Waals surface area contributed by atoms with Crippen LogP contribution in [0, 0.1) is 0 Å². The van der Waals surface area contributed by atoms with Crippen molar-refractivity contribution in [2.24, 2.45) is 0 Å². The molecule has 3 heterocycles. The number of amides is 1. The number of hydrogen-bond donors (Lipinski definition) is 12. The van der Waals surface area contributed by atoms with Gasteiger partial charge in [0.25, 0.3) is 0 Å². The molecule has 606 valence electrons. The van der Waals surface area contributed by atoms with E-state index in [4.69, 9.17) is 28.4 Å². The summed E-state index contributed by atoms with van der Waals surface area (Å²) in [6.45, 7) is 1.65. The number of carbonyl (C=O) groups excluding carboxylic acids is 1. The van der Waals surface area contributed by atoms with Crippen LogP contribution in [0.3, 0.4) is 0 Å². The Hall–Kier alpha value is -2.77. The van der Waals surface area contributed by atoms with Crippen molar-refractivity contribution in [3.05, 3.63) is 72.9 Å². The highest BCUT2D eigenvalue weighted by Crippen LogP contribution is 2.33. The van der Waals surface area contributed by atoms with Crippen LogP contribution >= 0.6 is 0 Å². The monoisotopic (exact) mass is 1480 g/mol. The summed E-state index contributed by atoms with van der Waals surface area (Å²) in [5, 5.41) is 121. The first-order valence-electron chi connectivity index (χ1n) is 42.2. The van der Waals surface area contributed by atoms with E-state index < -0.39 is 124 Å². The summed E-state index contributed by atoms with van der Waals surface area (Å²) in [6, 6.07) is -0.996. The average Bonchev–Trinajstić information content (AvgIpc) is 0.783. The van der Waals surface area contributed by atoms with Crippen LogP contribution in [-0.4, -0.2) is 193 Å². The van der Waals surface area contributed by atoms with Crippen molar-refractivity contribution in [3.63, 3.8) is 0 Å². The molecule has 0 spiro atoms. The molecule has 0 aromatic rings. The van der Waals surface area contributed by atoms with Crippen LogP contribution in [0.1, 0.15) is 328 Å². The van der Waals surface area contributed by atoms with E-state index in [9.17, 15) is 61.0 Å². The second-order valence-electron chi connectivity index (χ2n) is 29.9. The van der Waals surface area contributed by atoms with Crippen LogP contribution in [-0.2, 0) is 33.2 Å². The van der Waals surface area contributed by atoms with Gasteiger partial charge < -0.3 is 89.9 Å². The number of aliphatic hydroxyl groups is 11. The van der Waals surface area contributed by atoms with Gasteiger partial charge in [0, 0.05) is 6.42 Å². The summed E-state index contributed by atoms with van der Waals surface area (Å²) < 4.78 is 34.5. The Kier molecular flexibility index (Phi) is 59.6. The number of ether oxygens (including phenoxy) is 6. The molecule has 19 heteroatoms. The minimum Gasteiger partial charge on any atom is -0.394 e. The van der Waals surface area contributed by atoms with Gasteiger partial charge >= 0.3 is 0 Å². The largest absolute Gasteiger partial charge is 0.394 e. The van der Waals surface area contributed by atoms with E-state index >= 15 is 0 Å². The lowest BCUT2D eigenvalue weighted by molar-refractivity contribution is -0.379. The summed E-state index contributed by atoms with van der Waals surface area (Å²) in [7, 11) is 0. The summed E-state index contributed by atoms with van der Waals surface area (Å²) in [6.07, 6.45) is 59.0. The maximum atomic E-state index is 13.5. The third-order valence-electron chi connectivity index (χ3n) is 20.7. The molecule has 0 aliphatic carbocycles. The van der Waals surface area contributed by atoms with Crippen LogP contribution in [0.15, 0.2) is 72.9 Å². The molecule has 17 unspecified atom stereocenters. The molecule has 19 nitrogen and oxygen atoms in total. The van der Waals surface area contributed by atoms with Gasteiger partial charge in [-0.05, 0) is 70.6 Å². The zero-order valence-corrected chi connectivity index (χ0v) is 65.0. The van der Waals surface area contributed by atoms with E-state index in [-0.39, 0.29) is 18.9 Å². The van der Waals surface area contributed by atoms with Crippen LogP contribution in [0.5, 0.6) is 0 Å². The lowest BCUT2D eigenvalue weighted by Gasteiger charge is -2.48. The minimum atomic E-state index is -1.98. The van der Waals surface area contributed by atoms with Gasteiger partial charge in [-0.3, -0.25) is 4.79 Å². The maximum absolute atomic E-state index is 13.5. The molecule has 0 saturated carbocycles. The first kappa shape index (κ1) is 95.4. The van der Waals surface area contributed by atoms with Gasteiger partial charge in [-0.1, -0.05) is 324 Å². The van der Waals surface area contributed by atoms with Crippen molar-refractivity contribution in [2.75, 3.05) is 26.4 Å². The number of rotatable bonds is 67. The summed E-state index contributed by atoms with van der Waals surface area (Å²) in [5.74, 6) is -0.284. The zero-order valence-electron chi connectivity index (χ0n) is 65.0. The number of carbonyl (C=O) groups is 1. The summed E-state index contributed by atoms with van der Waals surface area (Å²) >= 11 is 0. The Morgan fingerprint density at radius 1 is 0.356 bits per heavy atom. The molecule has 12 N–H and O–H groups in total. The molecular weight excluding hydrogens is 1320 g/mol. The van der Waals surface area contributed by atoms with E-state index in [2.05, 4.69) is 79.9 Å². The van der Waals surface area contributed by atoms with E-state index in [0.717, 1.165) is 70.6 Å². The molecular formula is C85H153NO18. The minimum absolute atomic E-state index is 0.232. The third kappa shape index (κ3) is 44.2. The standard InChI is InChI=1S/C85H153NO18/c1-3-5-7-9-11-13-15-17-19-21-23-25-27-29-31-32-33-34-35-37-38-40-42-44-46-48-50-52-54-56-58-60-62-69(90)68(86-73(91)63-61-59-57-55-53-51-49-47-45-43-41-39-36-30-28-26-24-22-20-18-16-14-12-10-8-6-4-2)67-99-83-79(97)76(94)81(71(65-88)101-83)104-85-80(98)77(95)82(72(66-89)102-85)103-84-78(96)75(93)74(92)70(64-87)100-84/h6,8,12,14,18,20,24,26,52,54,60,62,68-72,74-85,87-90,92-98H,3-5,7,9-11,13,15-17,19,21-23,25,27-51,53,55-59,61,63-67H2,1-2H3,(H,86,91)/b8-6-,14-12-,20-18-,26-24-,54-52+,62-60+. The van der Waals surface area contributed by atoms with E-state index in [1.807, 2.05) is 6.08 Å². The predicted molar refractivity (Wildman–Crippen MR) is 415 cm³/mol. The molecule has 0 aromatic heterocycles. The predicted octanol–water partition coefficient (Wildman–Crippen LogP) is 14.8. The molecule has 0 bridgehead atoms. The lowest BCUT2D eigenvalue weighted by Crippen LogP contribution is -2.66. The van der Waals surface area contributed by atoms with E-state index in [1.165, 1.54) is 225 Å². The highest BCUT2D eigenvalue weighted by atomic mass is 16.8. The van der Waals surface area contributed by atoms with Crippen LogP contribution in [0.2, 0.25) is 0 Å². The first-order chi connectivity index (χ1) is 50.8. The Morgan fingerprint density at radius 2 is 0.673 bits per heavy atom. The number of nitrogens with one attached hydrogen (secondary N) is 1. The molecule has 3 fully saturated rings. The number of hydrogen-bond acceptors (Lipinski definition) is 18. The molecule has 17 atom stereocenters. The van der Waals surface area contributed by atoms with Gasteiger partial charge in [-0.25, -0.2) is 0 Å². The molecule has 3 rings (SSSR count). The van der Waals surface area contributed by atoms with Crippen molar-refractivity contribution in [3.8, 4) is 0 Å². The molecule has 0 radical (unpaired) electrons. The van der Waals surface area contributed by atoms with Crippen molar-refractivity contribution >= 4 is 5.91 Å². The van der Waals surface area contributed by atoms with Crippen molar-refractivity contribution in [1.29, 1.82) is 0 Å². The highest BCUT2D eigenvalue weighted by Gasteiger charge is 2.54. The highest BCUT2D eigenvalue weighted by molar-refractivity contribution is 5.76. The quantitative estimate of drug-likeness (QED) is 0.0199. The fraction of sp³-hybridized carbons (Fsp3) is 0.847. The normalized spacial score (nSPS) is 26.3. The molecule has 0 aromatic carbocycles. The Labute approximate surface area is 629 Å². The van der Waals surface area contributed by atoms with Crippen molar-refractivity contribution in [1.82, 2.24) is 5.32 Å². The van der Waals surface area contributed by atoms with Gasteiger partial charge in [0.15, 0.2) is 18.9 Å². The van der Waals surface area contributed by atoms with Crippen LogP contribution in [0.4, 0.5) is 0 Å². The summed E-state index contributed by atoms with van der Waals surface area (Å²) in [4.78, 5) is 13.5. The van der Waals surface area contributed by atoms with Gasteiger partial charge in [0.1, 0.15) is 73.2 Å². The van der Waals surface area contributed by atoms with Gasteiger partial charge in [-0.15, -0.1) is 0 Å². The van der Waals surface area contributed by atoms with E-state index in [1.54, 1.807) is 6.08 Å². The lowest BCUT2D eigenvalue weighted by atomic mass is 9.96. The molecule has 3 saturated heterocycles. The topological polar surface area (TPSA) is 307 Å². The van der Waals surface area contributed by atoms with Crippen molar-refractivity contribution in [2.45, 2.75) is 433 Å². The number of allylic oxidation sites excluding steroid dienone is 11. The molecule has 104 heavy (non-hydrogen) atoms. The summed E-state index contributed by atoms with van der Waals surface area (Å²) in [5.41, 5.74) is 0. The van der Waals surface area contributed by atoms with Crippen molar-refractivity contribution < 1.29 is 89.4 Å². The smallest absolute Gasteiger partial charge is 0.220 e. The molecule has 3 aliphatic heterocycles. The third-order valence-corrected chi connectivity index (χ3v) is 20.7. The maximum Gasteiger partial charge on any atom is 0.220 e. The second-order valence-corrected chi connectivity index (χ2v) is 29.9. The fourth-order valence-electron chi connectivity index (χ4n) is 14.0. The van der Waals surface area contributed by atoms with Gasteiger partial charge in [0.2, 0.25) is 5.91 Å². The van der Waals surface area contributed by atoms with Crippen LogP contribution in [0.25, 0.3) is 0 Å². The Morgan fingerprint density at radius 3 is 1.08 bits per heavy atom. The number of unbranched alkanes of at least 4 members (excludes halogenated alkanes) is 41. The van der Waals surface area contributed by atoms with Gasteiger partial charge in [-0.2, -0.15) is 0 Å². The fourth-order valence-corrected chi connectivity index (χ4v) is 14.0. The Bertz CT molecular complexity index is 2160. The number of aliphatic hydroxyl groups excluding tert-OH is 11. The first-order valence-corrected chi connectivity index (χ1v) is 42.2. The van der Waals surface area contributed by atoms with Gasteiger partial charge in [0.05, 0.1) is 38.6 Å². The zero-order chi connectivity index (χ0) is 75.3. The SMILES string of the molecule is CC/C=C\C/C=C\C/C=C\C/C=C\CCCCCCCCCCCCCCCCC(=O)NC(COC1OC(CO)C(OC2OC(CO)C(OC3OC(CO)C(O)C(O)C3O)C(O)C2O)C(O)C1O)C(O)/C=C/CC/C=C/CCCCCCCCCCCCCCCCCCCCCCCCCCCC. The Balaban J connectivity index is 1.37. The molecule has 3 aliphatic rings. The molecule has 1 amide bonds. The van der Waals surface area contributed by atoms with Crippen LogP contribution < -0.4 is 5.32 Å². The van der Waals surface area contributed by atoms with E-state index in [0.29, 0.717) is 12.8 Å². The second kappa shape index (κ2) is 65.0.